The second-order valence-corrected chi connectivity index (χ2v) is 32.2. The van der Waals surface area contributed by atoms with E-state index < -0.39 is 0 Å². The van der Waals surface area contributed by atoms with Crippen LogP contribution in [0.5, 0.6) is 0 Å². The van der Waals surface area contributed by atoms with E-state index >= 15 is 0 Å². The maximum atomic E-state index is 12.9. The third kappa shape index (κ3) is 20.4. The van der Waals surface area contributed by atoms with E-state index in [1.54, 1.807) is 50.1 Å². The second kappa shape index (κ2) is 39.7. The van der Waals surface area contributed by atoms with Gasteiger partial charge in [0.15, 0.2) is 46.1 Å². The van der Waals surface area contributed by atoms with E-state index in [-0.39, 0.29) is 23.1 Å². The van der Waals surface area contributed by atoms with E-state index in [4.69, 9.17) is 75.2 Å². The van der Waals surface area contributed by atoms with E-state index in [1.807, 2.05) is 270 Å². The lowest BCUT2D eigenvalue weighted by Gasteiger charge is -2.13. The Morgan fingerprint density at radius 2 is 0.485 bits per heavy atom. The summed E-state index contributed by atoms with van der Waals surface area (Å²) in [6, 6.07) is 79.6. The summed E-state index contributed by atoms with van der Waals surface area (Å²) < 4.78 is 44.9. The molecule has 0 bridgehead atoms. The molecule has 0 radical (unpaired) electrons. The lowest BCUT2D eigenvalue weighted by molar-refractivity contribution is -0.118. The molecule has 0 saturated heterocycles. The summed E-state index contributed by atoms with van der Waals surface area (Å²) in [7, 11) is 0. The molecular formula is C110H92N8O12. The molecule has 0 N–H and O–H groups in total. The van der Waals surface area contributed by atoms with Gasteiger partial charge in [0.05, 0.1) is 94.2 Å². The zero-order valence-corrected chi connectivity index (χ0v) is 73.0. The van der Waals surface area contributed by atoms with Crippen LogP contribution in [0.15, 0.2) is 334 Å². The van der Waals surface area contributed by atoms with Gasteiger partial charge in [-0.25, -0.2) is 39.9 Å². The summed E-state index contributed by atoms with van der Waals surface area (Å²) in [6.07, 6.45) is 18.4. The van der Waals surface area contributed by atoms with Crippen LogP contribution < -0.4 is 0 Å². The maximum Gasteiger partial charge on any atom is 0.154 e. The largest absolute Gasteiger partial charge is 0.463 e. The molecule has 8 aromatic carbocycles. The van der Waals surface area contributed by atoms with Crippen LogP contribution in [-0.4, -0.2) is 63.0 Å². The molecule has 0 spiro atoms. The maximum absolute atomic E-state index is 12.9. The third-order valence-corrected chi connectivity index (χ3v) is 22.5. The van der Waals surface area contributed by atoms with Crippen molar-refractivity contribution in [1.29, 1.82) is 0 Å². The summed E-state index contributed by atoms with van der Waals surface area (Å²) in [5.41, 5.74) is 27.0. The SMILES string of the molecule is CCc1c(CC(=O)Cc2ccc(C)cc2)ccc2nc(-c3ccco3)c(-c3ccco3)nc12.CCc1cc(CC(=O)Cc2ccc(C)cc2)cc2nc(-c3ccco3)c(-c3ccco3)nc12.CCc1cc2nc(-c3ccco3)c(-c3ccco3)nc2cc1CC(=O)Cc1ccc(C)cc1.Cc1ccc(CC(=O)Cc2ccc3nc(-c4ccco4)c(-c4ccco4)nc3c2)cc1. The molecule has 644 valence electrons. The predicted molar refractivity (Wildman–Crippen MR) is 502 cm³/mol. The van der Waals surface area contributed by atoms with Gasteiger partial charge in [-0.2, -0.15) is 0 Å². The van der Waals surface area contributed by atoms with Gasteiger partial charge in [-0.3, -0.25) is 19.2 Å². The highest BCUT2D eigenvalue weighted by Gasteiger charge is 2.26. The molecule has 0 aliphatic rings. The van der Waals surface area contributed by atoms with Crippen molar-refractivity contribution in [2.45, 2.75) is 119 Å². The van der Waals surface area contributed by atoms with E-state index in [2.05, 4.69) is 26.8 Å². The van der Waals surface area contributed by atoms with Gasteiger partial charge in [0.1, 0.15) is 68.7 Å². The second-order valence-electron chi connectivity index (χ2n) is 32.2. The first-order chi connectivity index (χ1) is 63.5. The first-order valence-electron chi connectivity index (χ1n) is 43.4. The van der Waals surface area contributed by atoms with Crippen molar-refractivity contribution in [1.82, 2.24) is 39.9 Å². The number of aromatic nitrogens is 8. The standard InChI is InChI=1S/3C28H24N2O3.C26H20N2O3/c1-3-22-20(17-21(31)16-19-10-8-18(2)9-11-19)12-13-23-26(22)30-28(25-7-5-15-33-25)27(29-23)24-6-4-14-32-24;1-3-21-14-20(16-22(31)15-19-10-8-18(2)9-11-19)17-23-26(21)30-28(25-7-5-13-33-25)27(29-23)24-6-4-12-32-24;1-3-20-16-23-24(17-21(20)15-22(31)14-19-10-8-18(2)9-11-19)30-28(26-7-5-13-33-26)27(29-23)25-6-4-12-32-25;1-17-6-8-18(9-7-17)14-20(29)15-19-10-11-21-22(16-19)28-26(24-5-3-13-31-24)25(27-21)23-4-2-12-30-23/h4-15H,3,16-17H2,1-2H3;4-14,17H,3,15-16H2,1-2H3;4-13,16-17H,3,14-15H2,1-2H3;2-13,16H,14-15H2,1H3. The number of nitrogens with zero attached hydrogens (tertiary/aromatic N) is 8. The molecule has 12 heterocycles. The van der Waals surface area contributed by atoms with Crippen LogP contribution in [0.4, 0.5) is 0 Å². The lowest BCUT2D eigenvalue weighted by atomic mass is 9.96. The third-order valence-electron chi connectivity index (χ3n) is 22.5. The summed E-state index contributed by atoms with van der Waals surface area (Å²) in [6.45, 7) is 14.4. The normalized spacial score (nSPS) is 11.2. The molecule has 0 unspecified atom stereocenters. The molecular weight excluding hydrogens is 1630 g/mol. The number of fused-ring (bicyclic) bond motifs is 4. The predicted octanol–water partition coefficient (Wildman–Crippen LogP) is 24.9. The van der Waals surface area contributed by atoms with Gasteiger partial charge >= 0.3 is 0 Å². The average molecular weight is 1720 g/mol. The molecule has 20 nitrogen and oxygen atoms in total. The Balaban J connectivity index is 0.000000121. The Hall–Kier alpha value is -16.0. The molecule has 0 aliphatic carbocycles. The summed E-state index contributed by atoms with van der Waals surface area (Å²) in [5, 5.41) is 0. The van der Waals surface area contributed by atoms with Crippen molar-refractivity contribution in [3.05, 3.63) is 382 Å². The smallest absolute Gasteiger partial charge is 0.154 e. The number of furan rings is 8. The zero-order chi connectivity index (χ0) is 89.6. The topological polar surface area (TPSA) is 277 Å². The Morgan fingerprint density at radius 1 is 0.215 bits per heavy atom. The zero-order valence-electron chi connectivity index (χ0n) is 73.0. The molecule has 0 amide bonds. The molecule has 20 rings (SSSR count). The van der Waals surface area contributed by atoms with Crippen LogP contribution in [-0.2, 0) is 89.8 Å². The first kappa shape index (κ1) is 86.2. The molecule has 0 fully saturated rings. The van der Waals surface area contributed by atoms with Gasteiger partial charge in [-0.05, 0) is 242 Å². The van der Waals surface area contributed by atoms with Gasteiger partial charge in [-0.15, -0.1) is 0 Å². The van der Waals surface area contributed by atoms with Crippen molar-refractivity contribution in [3.8, 4) is 91.6 Å². The Bertz CT molecular complexity index is 7190. The fraction of sp³-hybridized carbons (Fsp3) is 0.164. The molecule has 130 heavy (non-hydrogen) atoms. The van der Waals surface area contributed by atoms with Gasteiger partial charge in [0.25, 0.3) is 0 Å². The number of benzene rings is 8. The quantitative estimate of drug-likeness (QED) is 0.0462. The fourth-order valence-corrected chi connectivity index (χ4v) is 15.9. The fourth-order valence-electron chi connectivity index (χ4n) is 15.9. The number of rotatable bonds is 27. The number of hydrogen-bond donors (Lipinski definition) is 0. The molecule has 0 atom stereocenters. The van der Waals surface area contributed by atoms with Gasteiger partial charge in [0.2, 0.25) is 0 Å². The van der Waals surface area contributed by atoms with Gasteiger partial charge in [-0.1, -0.05) is 158 Å². The highest BCUT2D eigenvalue weighted by atomic mass is 16.4. The van der Waals surface area contributed by atoms with E-state index in [0.717, 1.165) is 119 Å². The van der Waals surface area contributed by atoms with Crippen molar-refractivity contribution in [3.63, 3.8) is 0 Å². The number of carbonyl (C=O) groups excluding carboxylic acids is 4. The minimum Gasteiger partial charge on any atom is -0.463 e. The summed E-state index contributed by atoms with van der Waals surface area (Å²) in [5.74, 6) is 5.69. The lowest BCUT2D eigenvalue weighted by Crippen LogP contribution is -2.09. The highest BCUT2D eigenvalue weighted by molar-refractivity contribution is 5.93. The summed E-state index contributed by atoms with van der Waals surface area (Å²) in [4.78, 5) is 90.2. The molecule has 20 heteroatoms. The number of aryl methyl sites for hydroxylation is 7. The van der Waals surface area contributed by atoms with Crippen LogP contribution in [0, 0.1) is 27.7 Å². The number of carbonyl (C=O) groups is 4. The average Bonchev–Trinajstić information content (AvgIpc) is 1.38. The molecule has 12 aromatic heterocycles. The van der Waals surface area contributed by atoms with Crippen LogP contribution >= 0.6 is 0 Å². The summed E-state index contributed by atoms with van der Waals surface area (Å²) >= 11 is 0. The van der Waals surface area contributed by atoms with E-state index in [1.165, 1.54) is 22.3 Å². The Labute approximate surface area is 750 Å². The molecule has 20 aromatic rings. The van der Waals surface area contributed by atoms with Crippen molar-refractivity contribution in [2.24, 2.45) is 0 Å². The Kier molecular flexibility index (Phi) is 26.3. The van der Waals surface area contributed by atoms with Crippen LogP contribution in [0.2, 0.25) is 0 Å². The minimum absolute atomic E-state index is 0.162. The molecule has 0 saturated carbocycles. The molecule has 0 aliphatic heterocycles. The Morgan fingerprint density at radius 3 is 0.831 bits per heavy atom. The van der Waals surface area contributed by atoms with E-state index in [9.17, 15) is 19.2 Å². The van der Waals surface area contributed by atoms with Crippen molar-refractivity contribution >= 4 is 67.3 Å². The minimum atomic E-state index is 0.162. The van der Waals surface area contributed by atoms with Crippen molar-refractivity contribution in [2.75, 3.05) is 0 Å². The first-order valence-corrected chi connectivity index (χ1v) is 43.4. The van der Waals surface area contributed by atoms with Gasteiger partial charge < -0.3 is 35.3 Å². The van der Waals surface area contributed by atoms with E-state index in [0.29, 0.717) is 149 Å². The number of ketones is 4. The van der Waals surface area contributed by atoms with Crippen LogP contribution in [0.25, 0.3) is 136 Å². The number of Topliss-reactive ketones (excluding diaryl/α,β-unsaturated/α-hetero) is 4. The van der Waals surface area contributed by atoms with Crippen LogP contribution in [0.3, 0.4) is 0 Å². The van der Waals surface area contributed by atoms with Crippen molar-refractivity contribution < 1.29 is 54.5 Å². The van der Waals surface area contributed by atoms with Gasteiger partial charge in [0, 0.05) is 51.4 Å². The monoisotopic (exact) mass is 1720 g/mol. The van der Waals surface area contributed by atoms with Crippen LogP contribution in [0.1, 0.15) is 104 Å². The number of hydrogen-bond acceptors (Lipinski definition) is 20. The highest BCUT2D eigenvalue weighted by Crippen LogP contribution is 2.39.